The summed E-state index contributed by atoms with van der Waals surface area (Å²) in [6.07, 6.45) is 0. The van der Waals surface area contributed by atoms with E-state index in [-0.39, 0.29) is 0 Å². The average molecular weight is 519 g/mol. The minimum absolute atomic E-state index is 1.25. The summed E-state index contributed by atoms with van der Waals surface area (Å²) in [6, 6.07) is 51.6. The van der Waals surface area contributed by atoms with Crippen LogP contribution in [0.15, 0.2) is 140 Å². The highest BCUT2D eigenvalue weighted by atomic mass is 14.3. The van der Waals surface area contributed by atoms with Gasteiger partial charge in [0.2, 0.25) is 0 Å². The molecular formula is C41H26. The molecule has 0 unspecified atom stereocenters. The molecule has 0 fully saturated rings. The molecule has 190 valence electrons. The third kappa shape index (κ3) is 3.05. The molecule has 41 heavy (non-hydrogen) atoms. The lowest BCUT2D eigenvalue weighted by Gasteiger charge is -2.17. The Hall–Kier alpha value is -5.20. The SMILES string of the molecule is Cc1c2ccccc2c(-c2ccc(-c3c4ccccc4c4c5c(cccc35)-c3ccccc3-4)cc2)c2ccccc12. The molecule has 0 aromatic heterocycles. The predicted molar refractivity (Wildman–Crippen MR) is 177 cm³/mol. The van der Waals surface area contributed by atoms with Crippen molar-refractivity contribution in [1.29, 1.82) is 0 Å². The topological polar surface area (TPSA) is 0 Å². The van der Waals surface area contributed by atoms with E-state index in [1.807, 2.05) is 0 Å². The summed E-state index contributed by atoms with van der Waals surface area (Å²) in [5, 5.41) is 10.6. The third-order valence-electron chi connectivity index (χ3n) is 9.20. The molecule has 8 aromatic rings. The molecular weight excluding hydrogens is 492 g/mol. The summed E-state index contributed by atoms with van der Waals surface area (Å²) in [7, 11) is 0. The zero-order valence-electron chi connectivity index (χ0n) is 22.8. The fourth-order valence-corrected chi connectivity index (χ4v) is 7.44. The number of hydrogen-bond donors (Lipinski definition) is 0. The fraction of sp³-hybridized carbons (Fsp3) is 0.0244. The third-order valence-corrected chi connectivity index (χ3v) is 9.20. The van der Waals surface area contributed by atoms with Crippen molar-refractivity contribution in [3.8, 4) is 44.5 Å². The molecule has 9 rings (SSSR count). The molecule has 0 nitrogen and oxygen atoms in total. The van der Waals surface area contributed by atoms with E-state index in [1.54, 1.807) is 0 Å². The van der Waals surface area contributed by atoms with Crippen LogP contribution in [0.3, 0.4) is 0 Å². The largest absolute Gasteiger partial charge is 0.0616 e. The van der Waals surface area contributed by atoms with E-state index in [0.717, 1.165) is 0 Å². The number of aryl methyl sites for hydroxylation is 1. The smallest absolute Gasteiger partial charge is 0.00137 e. The van der Waals surface area contributed by atoms with Gasteiger partial charge in [0, 0.05) is 0 Å². The van der Waals surface area contributed by atoms with Gasteiger partial charge in [-0.3, -0.25) is 0 Å². The van der Waals surface area contributed by atoms with Gasteiger partial charge in [0.15, 0.2) is 0 Å². The first-order chi connectivity index (χ1) is 20.3. The highest BCUT2D eigenvalue weighted by Crippen LogP contribution is 2.53. The van der Waals surface area contributed by atoms with E-state index < -0.39 is 0 Å². The molecule has 8 aromatic carbocycles. The van der Waals surface area contributed by atoms with E-state index in [0.29, 0.717) is 0 Å². The average Bonchev–Trinajstić information content (AvgIpc) is 3.38. The van der Waals surface area contributed by atoms with Crippen LogP contribution < -0.4 is 0 Å². The van der Waals surface area contributed by atoms with Crippen molar-refractivity contribution in [2.24, 2.45) is 0 Å². The number of hydrogen-bond acceptors (Lipinski definition) is 0. The monoisotopic (exact) mass is 518 g/mol. The second kappa shape index (κ2) is 8.40. The first-order valence-electron chi connectivity index (χ1n) is 14.4. The van der Waals surface area contributed by atoms with Crippen molar-refractivity contribution in [3.05, 3.63) is 145 Å². The Morgan fingerprint density at radius 3 is 1.27 bits per heavy atom. The van der Waals surface area contributed by atoms with Gasteiger partial charge in [-0.25, -0.2) is 0 Å². The van der Waals surface area contributed by atoms with Crippen molar-refractivity contribution in [2.45, 2.75) is 6.92 Å². The van der Waals surface area contributed by atoms with Crippen LogP contribution in [0.1, 0.15) is 5.56 Å². The first-order valence-corrected chi connectivity index (χ1v) is 14.4. The Morgan fingerprint density at radius 1 is 0.293 bits per heavy atom. The van der Waals surface area contributed by atoms with Gasteiger partial charge < -0.3 is 0 Å². The maximum absolute atomic E-state index is 2.33. The van der Waals surface area contributed by atoms with Crippen LogP contribution in [-0.2, 0) is 0 Å². The molecule has 0 aliphatic heterocycles. The minimum atomic E-state index is 1.25. The van der Waals surface area contributed by atoms with Gasteiger partial charge in [0.1, 0.15) is 0 Å². The van der Waals surface area contributed by atoms with Gasteiger partial charge in [-0.15, -0.1) is 0 Å². The quantitative estimate of drug-likeness (QED) is 0.200. The van der Waals surface area contributed by atoms with Gasteiger partial charge in [-0.1, -0.05) is 140 Å². The van der Waals surface area contributed by atoms with E-state index in [9.17, 15) is 0 Å². The van der Waals surface area contributed by atoms with Crippen LogP contribution in [0.2, 0.25) is 0 Å². The molecule has 0 spiro atoms. The number of fused-ring (bicyclic) bond motifs is 7. The maximum Gasteiger partial charge on any atom is -0.00137 e. The zero-order valence-corrected chi connectivity index (χ0v) is 22.8. The molecule has 0 bridgehead atoms. The zero-order chi connectivity index (χ0) is 27.1. The van der Waals surface area contributed by atoms with Gasteiger partial charge in [-0.05, 0) is 100 Å². The molecule has 0 amide bonds. The van der Waals surface area contributed by atoms with Crippen LogP contribution in [0.5, 0.6) is 0 Å². The minimum Gasteiger partial charge on any atom is -0.0616 e. The van der Waals surface area contributed by atoms with Crippen molar-refractivity contribution < 1.29 is 0 Å². The Labute approximate surface area is 239 Å². The predicted octanol–water partition coefficient (Wildman–Crippen LogP) is 11.6. The molecule has 1 aliphatic rings. The number of rotatable bonds is 2. The number of benzene rings is 8. The Morgan fingerprint density at radius 2 is 0.683 bits per heavy atom. The Kier molecular flexibility index (Phi) is 4.63. The summed E-state index contributed by atoms with van der Waals surface area (Å²) >= 11 is 0. The molecule has 0 saturated carbocycles. The second-order valence-electron chi connectivity index (χ2n) is 11.2. The van der Waals surface area contributed by atoms with Crippen molar-refractivity contribution in [1.82, 2.24) is 0 Å². The summed E-state index contributed by atoms with van der Waals surface area (Å²) in [5.41, 5.74) is 11.9. The van der Waals surface area contributed by atoms with Gasteiger partial charge in [0.05, 0.1) is 0 Å². The van der Waals surface area contributed by atoms with Crippen LogP contribution in [0.4, 0.5) is 0 Å². The summed E-state index contributed by atoms with van der Waals surface area (Å²) in [5.74, 6) is 0. The first kappa shape index (κ1) is 22.6. The van der Waals surface area contributed by atoms with Gasteiger partial charge in [-0.2, -0.15) is 0 Å². The molecule has 0 heterocycles. The maximum atomic E-state index is 2.33. The van der Waals surface area contributed by atoms with Gasteiger partial charge in [0.25, 0.3) is 0 Å². The summed E-state index contributed by atoms with van der Waals surface area (Å²) in [6.45, 7) is 2.25. The molecule has 1 aliphatic carbocycles. The van der Waals surface area contributed by atoms with Crippen LogP contribution >= 0.6 is 0 Å². The van der Waals surface area contributed by atoms with Crippen LogP contribution in [0, 0.1) is 6.92 Å². The standard InChI is InChI=1S/C41H26/c1-25-28-11-2-5-14-31(28)38(32-15-6-3-12-29(25)32)26-21-23-27(24-22-26)39-35-17-8-9-18-36(35)40-33-16-7-4-13-30(33)34-19-10-20-37(39)41(34)40/h2-24H,1H3. The van der Waals surface area contributed by atoms with E-state index in [1.165, 1.54) is 93.2 Å². The molecule has 0 saturated heterocycles. The lowest BCUT2D eigenvalue weighted by molar-refractivity contribution is 1.57. The lowest BCUT2D eigenvalue weighted by atomic mass is 9.86. The molecule has 0 N–H and O–H groups in total. The second-order valence-corrected chi connectivity index (χ2v) is 11.2. The molecule has 0 heteroatoms. The lowest BCUT2D eigenvalue weighted by Crippen LogP contribution is -1.90. The summed E-state index contributed by atoms with van der Waals surface area (Å²) < 4.78 is 0. The van der Waals surface area contributed by atoms with E-state index >= 15 is 0 Å². The van der Waals surface area contributed by atoms with Crippen molar-refractivity contribution in [2.75, 3.05) is 0 Å². The van der Waals surface area contributed by atoms with Crippen LogP contribution in [-0.4, -0.2) is 0 Å². The van der Waals surface area contributed by atoms with Crippen molar-refractivity contribution in [3.63, 3.8) is 0 Å². The normalized spacial score (nSPS) is 12.0. The van der Waals surface area contributed by atoms with E-state index in [2.05, 4.69) is 146 Å². The fourth-order valence-electron chi connectivity index (χ4n) is 7.44. The van der Waals surface area contributed by atoms with E-state index in [4.69, 9.17) is 0 Å². The van der Waals surface area contributed by atoms with Crippen LogP contribution in [0.25, 0.3) is 87.6 Å². The highest BCUT2D eigenvalue weighted by Gasteiger charge is 2.25. The Balaban J connectivity index is 1.32. The Bertz CT molecular complexity index is 2300. The van der Waals surface area contributed by atoms with Crippen molar-refractivity contribution >= 4 is 43.1 Å². The molecule has 0 radical (unpaired) electrons. The molecule has 0 atom stereocenters. The summed E-state index contributed by atoms with van der Waals surface area (Å²) in [4.78, 5) is 0. The highest BCUT2D eigenvalue weighted by molar-refractivity contribution is 6.29. The van der Waals surface area contributed by atoms with Gasteiger partial charge >= 0.3 is 0 Å².